The zero-order valence-corrected chi connectivity index (χ0v) is 5.89. The van der Waals surface area contributed by atoms with E-state index < -0.39 is 0 Å². The smallest absolute Gasteiger partial charge is 0.0612 e. The number of nitrogens with zero attached hydrogens (tertiary/aromatic N) is 1. The SMILES string of the molecule is CCC/C(=C/N)N(C)F. The standard InChI is InChI=1S/C6H13FN2/c1-3-4-6(5-8)9(2)7/h5H,3-4,8H2,1-2H3/b6-5-. The molecule has 54 valence electrons. The Bertz CT molecular complexity index is 99.2. The zero-order valence-electron chi connectivity index (χ0n) is 5.89. The number of rotatable bonds is 3. The van der Waals surface area contributed by atoms with Crippen LogP contribution in [-0.2, 0) is 0 Å². The molecule has 0 aliphatic heterocycles. The van der Waals surface area contributed by atoms with Crippen LogP contribution in [0.1, 0.15) is 19.8 Å². The Balaban J connectivity index is 3.70. The van der Waals surface area contributed by atoms with Crippen LogP contribution in [0.2, 0.25) is 0 Å². The first-order valence-electron chi connectivity index (χ1n) is 3.02. The van der Waals surface area contributed by atoms with Crippen molar-refractivity contribution in [2.24, 2.45) is 5.73 Å². The minimum atomic E-state index is 0.539. The minimum Gasteiger partial charge on any atom is -0.403 e. The lowest BCUT2D eigenvalue weighted by Gasteiger charge is -2.09. The van der Waals surface area contributed by atoms with Gasteiger partial charge in [0.25, 0.3) is 0 Å². The average Bonchev–Trinajstić information content (AvgIpc) is 1.82. The molecule has 0 aliphatic carbocycles. The highest BCUT2D eigenvalue weighted by atomic mass is 19.2. The summed E-state index contributed by atoms with van der Waals surface area (Å²) in [6.07, 6.45) is 2.91. The third kappa shape index (κ3) is 2.95. The highest BCUT2D eigenvalue weighted by Gasteiger charge is 1.98. The zero-order chi connectivity index (χ0) is 7.28. The molecule has 0 aromatic heterocycles. The van der Waals surface area contributed by atoms with Crippen molar-refractivity contribution in [2.75, 3.05) is 7.05 Å². The Labute approximate surface area is 55.1 Å². The summed E-state index contributed by atoms with van der Waals surface area (Å²) in [7, 11) is 1.34. The number of hydrogen-bond acceptors (Lipinski definition) is 2. The lowest BCUT2D eigenvalue weighted by atomic mass is 10.3. The molecule has 0 amide bonds. The Morgan fingerprint density at radius 1 is 1.78 bits per heavy atom. The summed E-state index contributed by atoms with van der Waals surface area (Å²) < 4.78 is 12.2. The van der Waals surface area contributed by atoms with Gasteiger partial charge in [0.2, 0.25) is 0 Å². The van der Waals surface area contributed by atoms with E-state index in [0.29, 0.717) is 17.2 Å². The Morgan fingerprint density at radius 2 is 2.33 bits per heavy atom. The van der Waals surface area contributed by atoms with Gasteiger partial charge in [0.05, 0.1) is 5.70 Å². The van der Waals surface area contributed by atoms with Crippen LogP contribution in [0.15, 0.2) is 11.9 Å². The van der Waals surface area contributed by atoms with Crippen LogP contribution in [0.5, 0.6) is 0 Å². The summed E-state index contributed by atoms with van der Waals surface area (Å²) in [6, 6.07) is 0. The third-order valence-corrected chi connectivity index (χ3v) is 1.09. The van der Waals surface area contributed by atoms with E-state index in [-0.39, 0.29) is 0 Å². The first kappa shape index (κ1) is 8.27. The van der Waals surface area contributed by atoms with Crippen molar-refractivity contribution in [3.63, 3.8) is 0 Å². The predicted octanol–water partition coefficient (Wildman–Crippen LogP) is 1.40. The van der Waals surface area contributed by atoms with Crippen molar-refractivity contribution in [3.8, 4) is 0 Å². The van der Waals surface area contributed by atoms with Crippen molar-refractivity contribution < 1.29 is 4.48 Å². The summed E-state index contributed by atoms with van der Waals surface area (Å²) in [5, 5.41) is 0.545. The molecule has 2 N–H and O–H groups in total. The highest BCUT2D eigenvalue weighted by Crippen LogP contribution is 2.06. The van der Waals surface area contributed by atoms with Gasteiger partial charge in [0.1, 0.15) is 0 Å². The topological polar surface area (TPSA) is 29.3 Å². The third-order valence-electron chi connectivity index (χ3n) is 1.09. The van der Waals surface area contributed by atoms with Crippen LogP contribution >= 0.6 is 0 Å². The van der Waals surface area contributed by atoms with Gasteiger partial charge in [-0.05, 0) is 6.42 Å². The molecular formula is C6H13FN2. The fraction of sp³-hybridized carbons (Fsp3) is 0.667. The lowest BCUT2D eigenvalue weighted by molar-refractivity contribution is 0.102. The molecule has 0 bridgehead atoms. The van der Waals surface area contributed by atoms with Crippen molar-refractivity contribution >= 4 is 0 Å². The molecule has 0 aromatic rings. The van der Waals surface area contributed by atoms with E-state index in [1.165, 1.54) is 13.2 Å². The minimum absolute atomic E-state index is 0.539. The molecule has 0 saturated carbocycles. The molecule has 0 rings (SSSR count). The molecule has 0 unspecified atom stereocenters. The monoisotopic (exact) mass is 132 g/mol. The molecule has 0 radical (unpaired) electrons. The number of allylic oxidation sites excluding steroid dienone is 1. The van der Waals surface area contributed by atoms with E-state index >= 15 is 0 Å². The fourth-order valence-corrected chi connectivity index (χ4v) is 0.596. The normalized spacial score (nSPS) is 11.7. The molecule has 0 heterocycles. The molecular weight excluding hydrogens is 119 g/mol. The first-order chi connectivity index (χ1) is 4.22. The van der Waals surface area contributed by atoms with Crippen molar-refractivity contribution in [2.45, 2.75) is 19.8 Å². The highest BCUT2D eigenvalue weighted by molar-refractivity contribution is 4.93. The van der Waals surface area contributed by atoms with Gasteiger partial charge in [-0.3, -0.25) is 0 Å². The van der Waals surface area contributed by atoms with Gasteiger partial charge in [-0.25, -0.2) is 5.12 Å². The molecule has 0 aromatic carbocycles. The number of halogens is 1. The second kappa shape index (κ2) is 4.18. The molecule has 0 fully saturated rings. The van der Waals surface area contributed by atoms with Crippen LogP contribution < -0.4 is 5.73 Å². The summed E-state index contributed by atoms with van der Waals surface area (Å²) in [6.45, 7) is 1.98. The maximum absolute atomic E-state index is 12.2. The Kier molecular flexibility index (Phi) is 3.84. The first-order valence-corrected chi connectivity index (χ1v) is 3.02. The van der Waals surface area contributed by atoms with Crippen molar-refractivity contribution in [1.29, 1.82) is 0 Å². The van der Waals surface area contributed by atoms with Crippen LogP contribution in [0.4, 0.5) is 4.48 Å². The average molecular weight is 132 g/mol. The molecule has 9 heavy (non-hydrogen) atoms. The quantitative estimate of drug-likeness (QED) is 0.588. The van der Waals surface area contributed by atoms with Gasteiger partial charge < -0.3 is 5.73 Å². The fourth-order valence-electron chi connectivity index (χ4n) is 0.596. The summed E-state index contributed by atoms with van der Waals surface area (Å²) >= 11 is 0. The van der Waals surface area contributed by atoms with Crippen LogP contribution in [0, 0.1) is 0 Å². The van der Waals surface area contributed by atoms with E-state index in [1.54, 1.807) is 0 Å². The van der Waals surface area contributed by atoms with Gasteiger partial charge in [0, 0.05) is 13.2 Å². The maximum atomic E-state index is 12.2. The summed E-state index contributed by atoms with van der Waals surface area (Å²) in [5.74, 6) is 0. The van der Waals surface area contributed by atoms with Gasteiger partial charge in [-0.15, -0.1) is 4.48 Å². The van der Waals surface area contributed by atoms with Gasteiger partial charge in [0.15, 0.2) is 0 Å². The van der Waals surface area contributed by atoms with E-state index in [9.17, 15) is 4.48 Å². The second-order valence-corrected chi connectivity index (χ2v) is 1.89. The lowest BCUT2D eigenvalue weighted by Crippen LogP contribution is -2.07. The van der Waals surface area contributed by atoms with Gasteiger partial charge in [-0.2, -0.15) is 0 Å². The number of hydrogen-bond donors (Lipinski definition) is 1. The second-order valence-electron chi connectivity index (χ2n) is 1.89. The van der Waals surface area contributed by atoms with E-state index in [0.717, 1.165) is 6.42 Å². The van der Waals surface area contributed by atoms with Crippen LogP contribution in [0.3, 0.4) is 0 Å². The Morgan fingerprint density at radius 3 is 2.44 bits per heavy atom. The van der Waals surface area contributed by atoms with E-state index in [2.05, 4.69) is 0 Å². The van der Waals surface area contributed by atoms with Crippen LogP contribution in [0.25, 0.3) is 0 Å². The Hall–Kier alpha value is -0.730. The molecule has 0 atom stereocenters. The molecule has 3 heteroatoms. The largest absolute Gasteiger partial charge is 0.403 e. The van der Waals surface area contributed by atoms with Crippen LogP contribution in [-0.4, -0.2) is 12.2 Å². The van der Waals surface area contributed by atoms with Gasteiger partial charge in [-0.1, -0.05) is 13.3 Å². The number of nitrogens with two attached hydrogens (primary N) is 1. The van der Waals surface area contributed by atoms with E-state index in [4.69, 9.17) is 5.73 Å². The van der Waals surface area contributed by atoms with Crippen molar-refractivity contribution in [3.05, 3.63) is 11.9 Å². The molecule has 0 spiro atoms. The predicted molar refractivity (Wildman–Crippen MR) is 36.0 cm³/mol. The van der Waals surface area contributed by atoms with E-state index in [1.807, 2.05) is 6.92 Å². The maximum Gasteiger partial charge on any atom is 0.0612 e. The molecule has 0 saturated heterocycles. The molecule has 0 aliphatic rings. The van der Waals surface area contributed by atoms with Gasteiger partial charge >= 0.3 is 0 Å². The summed E-state index contributed by atoms with van der Waals surface area (Å²) in [5.41, 5.74) is 5.66. The summed E-state index contributed by atoms with van der Waals surface area (Å²) in [4.78, 5) is 0. The molecule has 2 nitrogen and oxygen atoms in total. The van der Waals surface area contributed by atoms with Crippen molar-refractivity contribution in [1.82, 2.24) is 5.12 Å².